The first-order valence-electron chi connectivity index (χ1n) is 8.01. The lowest BCUT2D eigenvalue weighted by molar-refractivity contribution is -0.143. The van der Waals surface area contributed by atoms with E-state index in [1.165, 1.54) is 11.1 Å². The van der Waals surface area contributed by atoms with Crippen LogP contribution < -0.4 is 5.32 Å². The van der Waals surface area contributed by atoms with Gasteiger partial charge in [0, 0.05) is 6.04 Å². The summed E-state index contributed by atoms with van der Waals surface area (Å²) in [7, 11) is 0. The average Bonchev–Trinajstić information content (AvgIpc) is 2.45. The van der Waals surface area contributed by atoms with Crippen LogP contribution in [0.4, 0.5) is 0 Å². The Kier molecular flexibility index (Phi) is 8.06. The molecule has 0 heterocycles. The van der Waals surface area contributed by atoms with Crippen LogP contribution in [-0.2, 0) is 22.4 Å². The van der Waals surface area contributed by atoms with Gasteiger partial charge in [0.15, 0.2) is 0 Å². The second-order valence-corrected chi connectivity index (χ2v) is 5.88. The molecule has 21 heavy (non-hydrogen) atoms. The first-order chi connectivity index (χ1) is 10.0. The molecule has 1 rings (SSSR count). The van der Waals surface area contributed by atoms with Gasteiger partial charge in [0.25, 0.3) is 0 Å². The first kappa shape index (κ1) is 17.7. The van der Waals surface area contributed by atoms with Crippen molar-refractivity contribution in [3.63, 3.8) is 0 Å². The summed E-state index contributed by atoms with van der Waals surface area (Å²) in [5.74, 6) is 0.445. The van der Waals surface area contributed by atoms with Crippen LogP contribution in [0.2, 0.25) is 0 Å². The normalized spacial score (nSPS) is 12.4. The molecule has 0 fully saturated rings. The molecule has 0 spiro atoms. The Labute approximate surface area is 129 Å². The molecule has 0 bridgehead atoms. The lowest BCUT2D eigenvalue weighted by Gasteiger charge is -2.19. The fourth-order valence-corrected chi connectivity index (χ4v) is 2.24. The number of hydrogen-bond donors (Lipinski definition) is 1. The molecule has 0 aliphatic carbocycles. The Morgan fingerprint density at radius 3 is 2.29 bits per heavy atom. The monoisotopic (exact) mass is 291 g/mol. The van der Waals surface area contributed by atoms with Crippen molar-refractivity contribution in [1.82, 2.24) is 5.32 Å². The Balaban J connectivity index is 2.63. The van der Waals surface area contributed by atoms with Gasteiger partial charge in [-0.2, -0.15) is 0 Å². The zero-order chi connectivity index (χ0) is 15.7. The van der Waals surface area contributed by atoms with Gasteiger partial charge in [-0.15, -0.1) is 0 Å². The minimum Gasteiger partial charge on any atom is -0.466 e. The Morgan fingerprint density at radius 1 is 1.14 bits per heavy atom. The third-order valence-corrected chi connectivity index (χ3v) is 3.45. The fraction of sp³-hybridized carbons (Fsp3) is 0.611. The van der Waals surface area contributed by atoms with E-state index in [0.29, 0.717) is 18.9 Å². The summed E-state index contributed by atoms with van der Waals surface area (Å²) in [5, 5.41) is 3.48. The van der Waals surface area contributed by atoms with E-state index in [2.05, 4.69) is 50.4 Å². The third kappa shape index (κ3) is 7.28. The Morgan fingerprint density at radius 2 is 1.76 bits per heavy atom. The Bertz CT molecular complexity index is 412. The summed E-state index contributed by atoms with van der Waals surface area (Å²) in [4.78, 5) is 11.7. The minimum absolute atomic E-state index is 0.121. The van der Waals surface area contributed by atoms with E-state index in [9.17, 15) is 4.79 Å². The van der Waals surface area contributed by atoms with E-state index in [1.807, 2.05) is 6.92 Å². The highest BCUT2D eigenvalue weighted by Crippen LogP contribution is 2.10. The highest BCUT2D eigenvalue weighted by molar-refractivity contribution is 5.70. The number of esters is 1. The van der Waals surface area contributed by atoms with Crippen molar-refractivity contribution in [2.75, 3.05) is 13.2 Å². The molecule has 3 nitrogen and oxygen atoms in total. The summed E-state index contributed by atoms with van der Waals surface area (Å²) in [6, 6.07) is 8.79. The lowest BCUT2D eigenvalue weighted by Crippen LogP contribution is -2.36. The molecule has 1 atom stereocenters. The van der Waals surface area contributed by atoms with Gasteiger partial charge in [-0.05, 0) is 43.4 Å². The van der Waals surface area contributed by atoms with Gasteiger partial charge in [-0.1, -0.05) is 45.0 Å². The topological polar surface area (TPSA) is 38.3 Å². The predicted molar refractivity (Wildman–Crippen MR) is 87.4 cm³/mol. The molecule has 1 unspecified atom stereocenters. The largest absolute Gasteiger partial charge is 0.466 e. The van der Waals surface area contributed by atoms with Crippen molar-refractivity contribution in [3.05, 3.63) is 35.4 Å². The summed E-state index contributed by atoms with van der Waals surface area (Å²) in [6.45, 7) is 9.70. The molecule has 3 heteroatoms. The first-order valence-corrected chi connectivity index (χ1v) is 8.01. The summed E-state index contributed by atoms with van der Waals surface area (Å²) >= 11 is 0. The van der Waals surface area contributed by atoms with Crippen molar-refractivity contribution >= 4 is 5.97 Å². The zero-order valence-electron chi connectivity index (χ0n) is 13.8. The number of rotatable bonds is 9. The van der Waals surface area contributed by atoms with Crippen molar-refractivity contribution in [3.8, 4) is 0 Å². The minimum atomic E-state index is -0.121. The number of ether oxygens (including phenoxy) is 1. The van der Waals surface area contributed by atoms with Crippen LogP contribution in [0.3, 0.4) is 0 Å². The maximum absolute atomic E-state index is 11.7. The molecule has 0 amide bonds. The fourth-order valence-electron chi connectivity index (χ4n) is 2.24. The predicted octanol–water partition coefficient (Wildman–Crippen LogP) is 3.36. The van der Waals surface area contributed by atoms with Crippen LogP contribution in [-0.4, -0.2) is 25.2 Å². The third-order valence-electron chi connectivity index (χ3n) is 3.45. The zero-order valence-corrected chi connectivity index (χ0v) is 13.8. The van der Waals surface area contributed by atoms with Crippen molar-refractivity contribution in [2.45, 2.75) is 53.0 Å². The van der Waals surface area contributed by atoms with E-state index in [0.717, 1.165) is 19.4 Å². The highest BCUT2D eigenvalue weighted by atomic mass is 16.5. The van der Waals surface area contributed by atoms with Gasteiger partial charge >= 0.3 is 5.97 Å². The van der Waals surface area contributed by atoms with Crippen LogP contribution in [0, 0.1) is 5.92 Å². The molecule has 0 aliphatic heterocycles. The molecule has 1 aromatic rings. The molecule has 0 saturated heterocycles. The van der Waals surface area contributed by atoms with Crippen LogP contribution in [0.15, 0.2) is 24.3 Å². The van der Waals surface area contributed by atoms with Crippen LogP contribution in [0.1, 0.15) is 45.2 Å². The van der Waals surface area contributed by atoms with E-state index >= 15 is 0 Å². The van der Waals surface area contributed by atoms with Gasteiger partial charge in [0.2, 0.25) is 0 Å². The van der Waals surface area contributed by atoms with Gasteiger partial charge in [0.1, 0.15) is 0 Å². The molecule has 118 valence electrons. The number of nitrogens with one attached hydrogen (secondary N) is 1. The second kappa shape index (κ2) is 9.56. The summed E-state index contributed by atoms with van der Waals surface area (Å²) in [5.41, 5.74) is 2.61. The van der Waals surface area contributed by atoms with Gasteiger partial charge in [-0.25, -0.2) is 0 Å². The van der Waals surface area contributed by atoms with E-state index in [1.54, 1.807) is 0 Å². The Hall–Kier alpha value is -1.35. The van der Waals surface area contributed by atoms with Crippen LogP contribution in [0.5, 0.6) is 0 Å². The van der Waals surface area contributed by atoms with Crippen molar-refractivity contribution in [1.29, 1.82) is 0 Å². The second-order valence-electron chi connectivity index (χ2n) is 5.88. The molecule has 0 saturated carbocycles. The number of carbonyl (C=O) groups is 1. The molecule has 0 radical (unpaired) electrons. The summed E-state index contributed by atoms with van der Waals surface area (Å²) in [6.07, 6.45) is 2.34. The molecular weight excluding hydrogens is 262 g/mol. The van der Waals surface area contributed by atoms with Crippen molar-refractivity contribution < 1.29 is 9.53 Å². The van der Waals surface area contributed by atoms with Crippen LogP contribution >= 0.6 is 0 Å². The van der Waals surface area contributed by atoms with Gasteiger partial charge < -0.3 is 10.1 Å². The SMILES string of the molecule is CCOC(=O)CC(Cc1ccc(CC)cc1)NCC(C)C. The molecule has 0 aromatic heterocycles. The average molecular weight is 291 g/mol. The quantitative estimate of drug-likeness (QED) is 0.709. The van der Waals surface area contributed by atoms with Crippen molar-refractivity contribution in [2.24, 2.45) is 5.92 Å². The summed E-state index contributed by atoms with van der Waals surface area (Å²) < 4.78 is 5.07. The van der Waals surface area contributed by atoms with Crippen LogP contribution in [0.25, 0.3) is 0 Å². The molecule has 1 N–H and O–H groups in total. The number of benzene rings is 1. The molecule has 1 aromatic carbocycles. The smallest absolute Gasteiger partial charge is 0.307 e. The van der Waals surface area contributed by atoms with E-state index in [4.69, 9.17) is 4.74 Å². The van der Waals surface area contributed by atoms with Gasteiger partial charge in [-0.3, -0.25) is 4.79 Å². The molecular formula is C18H29NO2. The molecule has 0 aliphatic rings. The standard InChI is InChI=1S/C18H29NO2/c1-5-15-7-9-16(10-8-15)11-17(19-13-14(3)4)12-18(20)21-6-2/h7-10,14,17,19H,5-6,11-13H2,1-4H3. The highest BCUT2D eigenvalue weighted by Gasteiger charge is 2.15. The maximum Gasteiger partial charge on any atom is 0.307 e. The van der Waals surface area contributed by atoms with E-state index in [-0.39, 0.29) is 12.0 Å². The van der Waals surface area contributed by atoms with E-state index < -0.39 is 0 Å². The number of carbonyl (C=O) groups excluding carboxylic acids is 1. The number of hydrogen-bond acceptors (Lipinski definition) is 3. The maximum atomic E-state index is 11.7. The number of aryl methyl sites for hydroxylation is 1. The lowest BCUT2D eigenvalue weighted by atomic mass is 10.0. The van der Waals surface area contributed by atoms with Gasteiger partial charge in [0.05, 0.1) is 13.0 Å².